The number of anilines is 1. The Morgan fingerprint density at radius 2 is 2.11 bits per heavy atom. The lowest BCUT2D eigenvalue weighted by Crippen LogP contribution is -2.29. The molecular formula is C14H19N3O2. The molecule has 0 aliphatic carbocycles. The van der Waals surface area contributed by atoms with E-state index < -0.39 is 0 Å². The van der Waals surface area contributed by atoms with Crippen LogP contribution in [-0.4, -0.2) is 17.7 Å². The molecule has 1 heterocycles. The van der Waals surface area contributed by atoms with Crippen molar-refractivity contribution in [2.45, 2.75) is 32.6 Å². The van der Waals surface area contributed by atoms with Crippen molar-refractivity contribution in [3.05, 3.63) is 24.3 Å². The molecule has 0 radical (unpaired) electrons. The second-order valence-corrected chi connectivity index (χ2v) is 4.47. The molecule has 0 saturated heterocycles. The summed E-state index contributed by atoms with van der Waals surface area (Å²) in [5.41, 5.74) is 0.667. The minimum atomic E-state index is -0.240. The SMILES string of the molecule is CCCCCCNC(=O)Nc1noc2ccccc12. The van der Waals surface area contributed by atoms with E-state index in [1.807, 2.05) is 24.3 Å². The quantitative estimate of drug-likeness (QED) is 0.782. The molecule has 0 aliphatic heterocycles. The van der Waals surface area contributed by atoms with Gasteiger partial charge in [0.25, 0.3) is 0 Å². The zero-order valence-electron chi connectivity index (χ0n) is 11.1. The predicted octanol–water partition coefficient (Wildman–Crippen LogP) is 3.53. The maximum absolute atomic E-state index is 11.7. The fraction of sp³-hybridized carbons (Fsp3) is 0.429. The van der Waals surface area contributed by atoms with Gasteiger partial charge in [-0.2, -0.15) is 0 Å². The van der Waals surface area contributed by atoms with E-state index >= 15 is 0 Å². The van der Waals surface area contributed by atoms with Gasteiger partial charge in [-0.05, 0) is 18.6 Å². The Bertz CT molecular complexity index is 536. The number of amides is 2. The molecule has 0 spiro atoms. The van der Waals surface area contributed by atoms with Gasteiger partial charge in [0.05, 0.1) is 5.39 Å². The van der Waals surface area contributed by atoms with E-state index in [2.05, 4.69) is 22.7 Å². The zero-order valence-corrected chi connectivity index (χ0v) is 11.1. The molecule has 19 heavy (non-hydrogen) atoms. The Hall–Kier alpha value is -2.04. The van der Waals surface area contributed by atoms with Crippen LogP contribution in [0.25, 0.3) is 11.0 Å². The maximum Gasteiger partial charge on any atom is 0.320 e. The maximum atomic E-state index is 11.7. The molecule has 102 valence electrons. The fourth-order valence-electron chi connectivity index (χ4n) is 1.88. The van der Waals surface area contributed by atoms with Gasteiger partial charge in [-0.25, -0.2) is 4.79 Å². The molecule has 5 heteroatoms. The first kappa shape index (κ1) is 13.4. The fourth-order valence-corrected chi connectivity index (χ4v) is 1.88. The summed E-state index contributed by atoms with van der Waals surface area (Å²) < 4.78 is 5.11. The Morgan fingerprint density at radius 3 is 2.95 bits per heavy atom. The number of nitrogens with one attached hydrogen (secondary N) is 2. The second-order valence-electron chi connectivity index (χ2n) is 4.47. The first-order chi connectivity index (χ1) is 9.31. The summed E-state index contributed by atoms with van der Waals surface area (Å²) in [4.78, 5) is 11.7. The average Bonchev–Trinajstić information content (AvgIpc) is 2.82. The van der Waals surface area contributed by atoms with E-state index in [9.17, 15) is 4.79 Å². The van der Waals surface area contributed by atoms with E-state index in [4.69, 9.17) is 4.52 Å². The third kappa shape index (κ3) is 3.71. The number of rotatable bonds is 6. The highest BCUT2D eigenvalue weighted by molar-refractivity contribution is 5.97. The first-order valence-electron chi connectivity index (χ1n) is 6.70. The summed E-state index contributed by atoms with van der Waals surface area (Å²) in [6.07, 6.45) is 4.54. The standard InChI is InChI=1S/C14H19N3O2/c1-2-3-4-7-10-15-14(18)16-13-11-8-5-6-9-12(11)19-17-13/h5-6,8-9H,2-4,7,10H2,1H3,(H2,15,16,17,18). The number of hydrogen-bond acceptors (Lipinski definition) is 3. The molecule has 0 atom stereocenters. The van der Waals surface area contributed by atoms with Crippen LogP contribution in [0.4, 0.5) is 10.6 Å². The normalized spacial score (nSPS) is 10.6. The van der Waals surface area contributed by atoms with Crippen molar-refractivity contribution in [2.75, 3.05) is 11.9 Å². The van der Waals surface area contributed by atoms with Crippen LogP contribution in [0.5, 0.6) is 0 Å². The highest BCUT2D eigenvalue weighted by Crippen LogP contribution is 2.21. The van der Waals surface area contributed by atoms with Crippen LogP contribution in [0.2, 0.25) is 0 Å². The topological polar surface area (TPSA) is 67.2 Å². The summed E-state index contributed by atoms with van der Waals surface area (Å²) in [6, 6.07) is 7.19. The number of carbonyl (C=O) groups is 1. The molecule has 0 saturated carbocycles. The van der Waals surface area contributed by atoms with Crippen LogP contribution in [-0.2, 0) is 0 Å². The van der Waals surface area contributed by atoms with Gasteiger partial charge in [-0.1, -0.05) is 43.5 Å². The molecule has 1 aromatic carbocycles. The number of urea groups is 1. The van der Waals surface area contributed by atoms with Gasteiger partial charge >= 0.3 is 6.03 Å². The van der Waals surface area contributed by atoms with Crippen LogP contribution in [0.1, 0.15) is 32.6 Å². The number of aromatic nitrogens is 1. The van der Waals surface area contributed by atoms with Gasteiger partial charge in [0.1, 0.15) is 0 Å². The predicted molar refractivity (Wildman–Crippen MR) is 75.2 cm³/mol. The summed E-state index contributed by atoms with van der Waals surface area (Å²) in [7, 11) is 0. The van der Waals surface area contributed by atoms with Crippen LogP contribution in [0.15, 0.2) is 28.8 Å². The molecule has 0 fully saturated rings. The van der Waals surface area contributed by atoms with Crippen molar-refractivity contribution in [3.8, 4) is 0 Å². The van der Waals surface area contributed by atoms with Gasteiger partial charge in [-0.3, -0.25) is 5.32 Å². The molecule has 2 amide bonds. The Morgan fingerprint density at radius 1 is 1.26 bits per heavy atom. The van der Waals surface area contributed by atoms with Gasteiger partial charge < -0.3 is 9.84 Å². The number of benzene rings is 1. The summed E-state index contributed by atoms with van der Waals surface area (Å²) in [6.45, 7) is 2.84. The van der Waals surface area contributed by atoms with Crippen molar-refractivity contribution in [3.63, 3.8) is 0 Å². The third-order valence-electron chi connectivity index (χ3n) is 2.93. The zero-order chi connectivity index (χ0) is 13.5. The highest BCUT2D eigenvalue weighted by atomic mass is 16.5. The lowest BCUT2D eigenvalue weighted by atomic mass is 10.2. The molecule has 0 bridgehead atoms. The molecule has 1 aromatic heterocycles. The van der Waals surface area contributed by atoms with Gasteiger partial charge in [0, 0.05) is 6.54 Å². The minimum absolute atomic E-state index is 0.240. The number of para-hydroxylation sites is 1. The van der Waals surface area contributed by atoms with Crippen molar-refractivity contribution in [1.29, 1.82) is 0 Å². The number of hydrogen-bond donors (Lipinski definition) is 2. The molecule has 2 N–H and O–H groups in total. The monoisotopic (exact) mass is 261 g/mol. The number of nitrogens with zero attached hydrogens (tertiary/aromatic N) is 1. The number of fused-ring (bicyclic) bond motifs is 1. The molecule has 0 aliphatic rings. The van der Waals surface area contributed by atoms with Gasteiger partial charge in [-0.15, -0.1) is 0 Å². The van der Waals surface area contributed by atoms with Crippen LogP contribution >= 0.6 is 0 Å². The largest absolute Gasteiger partial charge is 0.354 e. The number of unbranched alkanes of at least 4 members (excludes halogenated alkanes) is 3. The van der Waals surface area contributed by atoms with Crippen molar-refractivity contribution < 1.29 is 9.32 Å². The number of carbonyl (C=O) groups excluding carboxylic acids is 1. The van der Waals surface area contributed by atoms with Crippen molar-refractivity contribution in [2.24, 2.45) is 0 Å². The molecule has 5 nitrogen and oxygen atoms in total. The lowest BCUT2D eigenvalue weighted by Gasteiger charge is -2.05. The van der Waals surface area contributed by atoms with Gasteiger partial charge in [0.15, 0.2) is 11.4 Å². The Kier molecular flexibility index (Phi) is 4.78. The van der Waals surface area contributed by atoms with E-state index in [-0.39, 0.29) is 6.03 Å². The van der Waals surface area contributed by atoms with Crippen molar-refractivity contribution >= 4 is 22.8 Å². The molecule has 0 unspecified atom stereocenters. The lowest BCUT2D eigenvalue weighted by molar-refractivity contribution is 0.251. The van der Waals surface area contributed by atoms with Gasteiger partial charge in [0.2, 0.25) is 0 Å². The van der Waals surface area contributed by atoms with Crippen LogP contribution in [0.3, 0.4) is 0 Å². The average molecular weight is 261 g/mol. The second kappa shape index (κ2) is 6.78. The van der Waals surface area contributed by atoms with E-state index in [1.54, 1.807) is 0 Å². The highest BCUT2D eigenvalue weighted by Gasteiger charge is 2.09. The summed E-state index contributed by atoms with van der Waals surface area (Å²) in [5.74, 6) is 0.460. The van der Waals surface area contributed by atoms with E-state index in [0.29, 0.717) is 17.9 Å². The summed E-state index contributed by atoms with van der Waals surface area (Å²) in [5, 5.41) is 10.2. The molecular weight excluding hydrogens is 242 g/mol. The Balaban J connectivity index is 1.82. The van der Waals surface area contributed by atoms with E-state index in [0.717, 1.165) is 18.2 Å². The Labute approximate surface area is 112 Å². The third-order valence-corrected chi connectivity index (χ3v) is 2.93. The molecule has 2 aromatic rings. The van der Waals surface area contributed by atoms with Crippen LogP contribution < -0.4 is 10.6 Å². The molecule has 2 rings (SSSR count). The van der Waals surface area contributed by atoms with Crippen LogP contribution in [0, 0.1) is 0 Å². The minimum Gasteiger partial charge on any atom is -0.354 e. The smallest absolute Gasteiger partial charge is 0.320 e. The summed E-state index contributed by atoms with van der Waals surface area (Å²) >= 11 is 0. The first-order valence-corrected chi connectivity index (χ1v) is 6.70. The van der Waals surface area contributed by atoms with Crippen molar-refractivity contribution in [1.82, 2.24) is 10.5 Å². The van der Waals surface area contributed by atoms with E-state index in [1.165, 1.54) is 12.8 Å².